The van der Waals surface area contributed by atoms with E-state index in [0.717, 1.165) is 25.2 Å². The van der Waals surface area contributed by atoms with Crippen LogP contribution >= 0.6 is 0 Å². The van der Waals surface area contributed by atoms with Crippen LogP contribution in [0.3, 0.4) is 0 Å². The summed E-state index contributed by atoms with van der Waals surface area (Å²) in [5, 5.41) is 3.23. The SMILES string of the molecule is C#CC(CC)NC1=NCCC1. The number of rotatable bonds is 2. The fraction of sp³-hybridized carbons (Fsp3) is 0.667. The van der Waals surface area contributed by atoms with Crippen molar-refractivity contribution in [1.82, 2.24) is 5.32 Å². The minimum absolute atomic E-state index is 0.173. The van der Waals surface area contributed by atoms with Crippen LogP contribution < -0.4 is 5.32 Å². The van der Waals surface area contributed by atoms with E-state index in [1.807, 2.05) is 0 Å². The van der Waals surface area contributed by atoms with Gasteiger partial charge in [0.05, 0.1) is 11.9 Å². The molecule has 1 heterocycles. The van der Waals surface area contributed by atoms with Crippen molar-refractivity contribution in [3.63, 3.8) is 0 Å². The Morgan fingerprint density at radius 2 is 2.64 bits per heavy atom. The second-order valence-corrected chi connectivity index (χ2v) is 2.70. The van der Waals surface area contributed by atoms with E-state index in [1.165, 1.54) is 6.42 Å². The summed E-state index contributed by atoms with van der Waals surface area (Å²) >= 11 is 0. The monoisotopic (exact) mass is 150 g/mol. The number of nitrogens with zero attached hydrogens (tertiary/aromatic N) is 1. The molecule has 0 saturated carbocycles. The molecular formula is C9H14N2. The van der Waals surface area contributed by atoms with E-state index in [9.17, 15) is 0 Å². The molecule has 0 aliphatic carbocycles. The molecule has 0 amide bonds. The van der Waals surface area contributed by atoms with Gasteiger partial charge in [-0.15, -0.1) is 6.42 Å². The van der Waals surface area contributed by atoms with Crippen LogP contribution in [0, 0.1) is 12.3 Å². The van der Waals surface area contributed by atoms with Gasteiger partial charge in [-0.25, -0.2) is 0 Å². The molecule has 2 heteroatoms. The zero-order valence-corrected chi connectivity index (χ0v) is 6.93. The Bertz CT molecular complexity index is 188. The zero-order valence-electron chi connectivity index (χ0n) is 6.93. The van der Waals surface area contributed by atoms with Crippen LogP contribution in [0.15, 0.2) is 4.99 Å². The van der Waals surface area contributed by atoms with Gasteiger partial charge in [0.25, 0.3) is 0 Å². The Hall–Kier alpha value is -0.970. The van der Waals surface area contributed by atoms with Crippen LogP contribution in [-0.4, -0.2) is 18.4 Å². The lowest BCUT2D eigenvalue weighted by atomic mass is 10.2. The summed E-state index contributed by atoms with van der Waals surface area (Å²) in [6.45, 7) is 3.04. The molecule has 0 radical (unpaired) electrons. The minimum Gasteiger partial charge on any atom is -0.360 e. The lowest BCUT2D eigenvalue weighted by molar-refractivity contribution is 0.717. The van der Waals surface area contributed by atoms with E-state index in [-0.39, 0.29) is 6.04 Å². The average molecular weight is 150 g/mol. The first-order valence-corrected chi connectivity index (χ1v) is 4.12. The molecule has 0 saturated heterocycles. The first-order chi connectivity index (χ1) is 5.36. The van der Waals surface area contributed by atoms with Crippen molar-refractivity contribution in [2.24, 2.45) is 4.99 Å². The maximum absolute atomic E-state index is 5.29. The summed E-state index contributed by atoms with van der Waals surface area (Å²) in [5.74, 6) is 3.78. The summed E-state index contributed by atoms with van der Waals surface area (Å²) in [6.07, 6.45) is 8.50. The standard InChI is InChI=1S/C9H14N2/c1-3-8(4-2)11-9-6-5-7-10-9/h1,8H,4-7H2,2H3,(H,10,11). The summed E-state index contributed by atoms with van der Waals surface area (Å²) in [7, 11) is 0. The van der Waals surface area contributed by atoms with Gasteiger partial charge in [0, 0.05) is 13.0 Å². The second-order valence-electron chi connectivity index (χ2n) is 2.70. The third kappa shape index (κ3) is 2.27. The van der Waals surface area contributed by atoms with E-state index in [1.54, 1.807) is 0 Å². The highest BCUT2D eigenvalue weighted by atomic mass is 15.0. The molecule has 1 atom stereocenters. The molecule has 0 bridgehead atoms. The number of aliphatic imine (C=N–C) groups is 1. The van der Waals surface area contributed by atoms with Gasteiger partial charge >= 0.3 is 0 Å². The zero-order chi connectivity index (χ0) is 8.10. The number of terminal acetylenes is 1. The molecule has 1 N–H and O–H groups in total. The van der Waals surface area contributed by atoms with Gasteiger partial charge in [0.15, 0.2) is 0 Å². The summed E-state index contributed by atoms with van der Waals surface area (Å²) in [4.78, 5) is 4.28. The molecule has 11 heavy (non-hydrogen) atoms. The van der Waals surface area contributed by atoms with Gasteiger partial charge < -0.3 is 5.32 Å². The number of amidine groups is 1. The third-order valence-corrected chi connectivity index (χ3v) is 1.82. The summed E-state index contributed by atoms with van der Waals surface area (Å²) in [6, 6.07) is 0.173. The van der Waals surface area contributed by atoms with Crippen molar-refractivity contribution in [1.29, 1.82) is 0 Å². The topological polar surface area (TPSA) is 24.4 Å². The van der Waals surface area contributed by atoms with E-state index < -0.39 is 0 Å². The van der Waals surface area contributed by atoms with Gasteiger partial charge in [-0.2, -0.15) is 0 Å². The van der Waals surface area contributed by atoms with Crippen LogP contribution in [-0.2, 0) is 0 Å². The Kier molecular flexibility index (Phi) is 2.97. The normalized spacial score (nSPS) is 18.7. The fourth-order valence-electron chi connectivity index (χ4n) is 1.12. The lowest BCUT2D eigenvalue weighted by Crippen LogP contribution is -2.31. The maximum atomic E-state index is 5.29. The first kappa shape index (κ1) is 8.13. The molecule has 0 aromatic rings. The van der Waals surface area contributed by atoms with Gasteiger partial charge in [-0.05, 0) is 12.8 Å². The van der Waals surface area contributed by atoms with Gasteiger partial charge in [-0.1, -0.05) is 12.8 Å². The van der Waals surface area contributed by atoms with Crippen LogP contribution in [0.4, 0.5) is 0 Å². The molecule has 1 aliphatic rings. The van der Waals surface area contributed by atoms with Crippen LogP contribution in [0.5, 0.6) is 0 Å². The number of nitrogens with one attached hydrogen (secondary N) is 1. The minimum atomic E-state index is 0.173. The Balaban J connectivity index is 2.34. The molecule has 0 fully saturated rings. The lowest BCUT2D eigenvalue weighted by Gasteiger charge is -2.10. The molecule has 0 aromatic carbocycles. The van der Waals surface area contributed by atoms with Crippen molar-refractivity contribution in [2.45, 2.75) is 32.2 Å². The molecule has 0 aromatic heterocycles. The van der Waals surface area contributed by atoms with E-state index in [0.29, 0.717) is 0 Å². The molecule has 1 aliphatic heterocycles. The Morgan fingerprint density at radius 1 is 1.82 bits per heavy atom. The summed E-state index contributed by atoms with van der Waals surface area (Å²) < 4.78 is 0. The molecule has 1 rings (SSSR count). The van der Waals surface area contributed by atoms with Gasteiger partial charge in [-0.3, -0.25) is 4.99 Å². The molecular weight excluding hydrogens is 136 g/mol. The predicted molar refractivity (Wildman–Crippen MR) is 47.6 cm³/mol. The number of hydrogen-bond donors (Lipinski definition) is 1. The van der Waals surface area contributed by atoms with E-state index >= 15 is 0 Å². The molecule has 0 spiro atoms. The quantitative estimate of drug-likeness (QED) is 0.587. The highest BCUT2D eigenvalue weighted by Crippen LogP contribution is 2.02. The van der Waals surface area contributed by atoms with E-state index in [2.05, 4.69) is 23.2 Å². The van der Waals surface area contributed by atoms with Crippen molar-refractivity contribution >= 4 is 5.84 Å². The Morgan fingerprint density at radius 3 is 3.09 bits per heavy atom. The first-order valence-electron chi connectivity index (χ1n) is 4.12. The van der Waals surface area contributed by atoms with Crippen molar-refractivity contribution in [3.8, 4) is 12.3 Å². The van der Waals surface area contributed by atoms with Gasteiger partial charge in [0.1, 0.15) is 0 Å². The highest BCUT2D eigenvalue weighted by Gasteiger charge is 2.08. The highest BCUT2D eigenvalue weighted by molar-refractivity contribution is 5.84. The predicted octanol–water partition coefficient (Wildman–Crippen LogP) is 1.18. The van der Waals surface area contributed by atoms with Crippen LogP contribution in [0.1, 0.15) is 26.2 Å². The van der Waals surface area contributed by atoms with Crippen LogP contribution in [0.25, 0.3) is 0 Å². The average Bonchev–Trinajstić information content (AvgIpc) is 2.52. The van der Waals surface area contributed by atoms with Gasteiger partial charge in [0.2, 0.25) is 0 Å². The van der Waals surface area contributed by atoms with E-state index in [4.69, 9.17) is 6.42 Å². The van der Waals surface area contributed by atoms with Crippen LogP contribution in [0.2, 0.25) is 0 Å². The summed E-state index contributed by atoms with van der Waals surface area (Å²) in [5.41, 5.74) is 0. The smallest absolute Gasteiger partial charge is 0.0973 e. The molecule has 60 valence electrons. The van der Waals surface area contributed by atoms with Crippen molar-refractivity contribution < 1.29 is 0 Å². The fourth-order valence-corrected chi connectivity index (χ4v) is 1.12. The molecule has 1 unspecified atom stereocenters. The largest absolute Gasteiger partial charge is 0.360 e. The Labute approximate surface area is 68.1 Å². The number of hydrogen-bond acceptors (Lipinski definition) is 2. The van der Waals surface area contributed by atoms with Crippen molar-refractivity contribution in [2.75, 3.05) is 6.54 Å². The van der Waals surface area contributed by atoms with Crippen molar-refractivity contribution in [3.05, 3.63) is 0 Å². The second kappa shape index (κ2) is 4.02. The third-order valence-electron chi connectivity index (χ3n) is 1.82. The maximum Gasteiger partial charge on any atom is 0.0973 e. The molecule has 2 nitrogen and oxygen atoms in total.